The summed E-state index contributed by atoms with van der Waals surface area (Å²) >= 11 is 4.78. The predicted molar refractivity (Wildman–Crippen MR) is 108 cm³/mol. The maximum atomic E-state index is 10.8. The van der Waals surface area contributed by atoms with Crippen molar-refractivity contribution in [1.82, 2.24) is 10.3 Å². The molecular weight excluding hydrogens is 366 g/mol. The Kier molecular flexibility index (Phi) is 6.15. The molecule has 2 aliphatic rings. The average Bonchev–Trinajstić information content (AvgIpc) is 3.05. The van der Waals surface area contributed by atoms with Crippen molar-refractivity contribution >= 4 is 35.3 Å². The number of non-ortho nitro benzene ring substituents is 1. The fourth-order valence-corrected chi connectivity index (χ4v) is 3.29. The third-order valence-corrected chi connectivity index (χ3v) is 4.53. The second kappa shape index (κ2) is 8.74. The molecule has 1 saturated heterocycles. The molecule has 0 unspecified atom stereocenters. The second-order valence-electron chi connectivity index (χ2n) is 6.23. The molecule has 9 heteroatoms. The van der Waals surface area contributed by atoms with Crippen LogP contribution in [0.25, 0.3) is 6.08 Å². The number of rotatable bonds is 5. The lowest BCUT2D eigenvalue weighted by Gasteiger charge is -2.31. The summed E-state index contributed by atoms with van der Waals surface area (Å²) in [6.07, 6.45) is 5.57. The van der Waals surface area contributed by atoms with E-state index in [0.29, 0.717) is 13.2 Å². The van der Waals surface area contributed by atoms with E-state index in [0.717, 1.165) is 42.8 Å². The number of hydrazone groups is 1. The van der Waals surface area contributed by atoms with E-state index in [9.17, 15) is 10.1 Å². The van der Waals surface area contributed by atoms with Crippen LogP contribution in [-0.4, -0.2) is 47.5 Å². The fraction of sp³-hybridized carbons (Fsp3) is 0.333. The van der Waals surface area contributed by atoms with Gasteiger partial charge in [0.15, 0.2) is 5.11 Å². The van der Waals surface area contributed by atoms with Crippen LogP contribution in [0.2, 0.25) is 0 Å². The average molecular weight is 387 g/mol. The number of nitrogens with zero attached hydrogens (tertiary/aromatic N) is 3. The number of nitrogens with two attached hydrogens (primary N) is 1. The summed E-state index contributed by atoms with van der Waals surface area (Å²) in [5.74, 6) is 0. The third kappa shape index (κ3) is 4.89. The normalized spacial score (nSPS) is 19.1. The summed E-state index contributed by atoms with van der Waals surface area (Å²) in [6, 6.07) is 6.58. The molecule has 0 spiro atoms. The first-order valence-corrected chi connectivity index (χ1v) is 9.05. The van der Waals surface area contributed by atoms with Crippen LogP contribution in [0.4, 0.5) is 5.69 Å². The molecular formula is C18H21N5O3S. The van der Waals surface area contributed by atoms with Crippen LogP contribution >= 0.6 is 12.2 Å². The minimum Gasteiger partial charge on any atom is -0.378 e. The molecule has 0 saturated carbocycles. The second-order valence-corrected chi connectivity index (χ2v) is 6.67. The third-order valence-electron chi connectivity index (χ3n) is 4.44. The van der Waals surface area contributed by atoms with Gasteiger partial charge < -0.3 is 15.4 Å². The molecule has 142 valence electrons. The molecule has 1 fully saturated rings. The van der Waals surface area contributed by atoms with Gasteiger partial charge in [0.2, 0.25) is 0 Å². The Morgan fingerprint density at radius 1 is 1.30 bits per heavy atom. The Bertz CT molecular complexity index is 811. The molecule has 1 aliphatic heterocycles. The van der Waals surface area contributed by atoms with Gasteiger partial charge in [0.1, 0.15) is 0 Å². The molecule has 0 amide bonds. The van der Waals surface area contributed by atoms with Gasteiger partial charge in [0.05, 0.1) is 24.4 Å². The highest BCUT2D eigenvalue weighted by atomic mass is 32.1. The smallest absolute Gasteiger partial charge is 0.269 e. The van der Waals surface area contributed by atoms with Crippen LogP contribution in [-0.2, 0) is 4.74 Å². The van der Waals surface area contributed by atoms with Crippen LogP contribution in [0.1, 0.15) is 18.4 Å². The lowest BCUT2D eigenvalue weighted by Crippen LogP contribution is -2.36. The maximum absolute atomic E-state index is 10.8. The van der Waals surface area contributed by atoms with Crippen molar-refractivity contribution in [2.75, 3.05) is 26.3 Å². The van der Waals surface area contributed by atoms with Crippen molar-refractivity contribution in [3.63, 3.8) is 0 Å². The van der Waals surface area contributed by atoms with Crippen molar-refractivity contribution in [2.45, 2.75) is 12.8 Å². The Labute approximate surface area is 162 Å². The molecule has 0 aromatic heterocycles. The van der Waals surface area contributed by atoms with E-state index in [1.807, 2.05) is 0 Å². The number of ether oxygens (including phenoxy) is 1. The molecule has 8 nitrogen and oxygen atoms in total. The van der Waals surface area contributed by atoms with E-state index in [-0.39, 0.29) is 10.8 Å². The zero-order valence-electron chi connectivity index (χ0n) is 14.8. The summed E-state index contributed by atoms with van der Waals surface area (Å²) in [4.78, 5) is 12.7. The Morgan fingerprint density at radius 2 is 2.00 bits per heavy atom. The molecule has 3 N–H and O–H groups in total. The fourth-order valence-electron chi connectivity index (χ4n) is 3.24. The van der Waals surface area contributed by atoms with E-state index < -0.39 is 4.92 Å². The first-order chi connectivity index (χ1) is 13.0. The van der Waals surface area contributed by atoms with Crippen molar-refractivity contribution in [3.05, 3.63) is 56.8 Å². The van der Waals surface area contributed by atoms with Gasteiger partial charge in [-0.2, -0.15) is 5.10 Å². The maximum Gasteiger partial charge on any atom is 0.269 e. The van der Waals surface area contributed by atoms with Gasteiger partial charge in [-0.15, -0.1) is 0 Å². The zero-order chi connectivity index (χ0) is 19.2. The molecule has 27 heavy (non-hydrogen) atoms. The minimum absolute atomic E-state index is 0.0872. The topological polar surface area (TPSA) is 106 Å². The Hall–Kier alpha value is -2.78. The molecule has 1 heterocycles. The first-order valence-electron chi connectivity index (χ1n) is 8.64. The van der Waals surface area contributed by atoms with E-state index in [4.69, 9.17) is 22.7 Å². The molecule has 0 bridgehead atoms. The number of nitro groups is 1. The van der Waals surface area contributed by atoms with Crippen molar-refractivity contribution < 1.29 is 9.66 Å². The minimum atomic E-state index is -0.394. The van der Waals surface area contributed by atoms with E-state index >= 15 is 0 Å². The van der Waals surface area contributed by atoms with Gasteiger partial charge in [0, 0.05) is 30.9 Å². The van der Waals surface area contributed by atoms with Gasteiger partial charge >= 0.3 is 0 Å². The lowest BCUT2D eigenvalue weighted by molar-refractivity contribution is -0.384. The molecule has 1 aliphatic carbocycles. The highest BCUT2D eigenvalue weighted by molar-refractivity contribution is 7.80. The van der Waals surface area contributed by atoms with Crippen LogP contribution < -0.4 is 11.2 Å². The SMILES string of the molecule is NC(=S)N/N=C/C1=C(N2CCOCC2)C(=C/c2ccc([N+](=O)[O-])cc2)/CC1. The van der Waals surface area contributed by atoms with Gasteiger partial charge in [-0.1, -0.05) is 0 Å². The van der Waals surface area contributed by atoms with Crippen LogP contribution in [0.5, 0.6) is 0 Å². The number of allylic oxidation sites excluding steroid dienone is 2. The van der Waals surface area contributed by atoms with Gasteiger partial charge in [0.25, 0.3) is 5.69 Å². The Balaban J connectivity index is 1.90. The van der Waals surface area contributed by atoms with E-state index in [1.54, 1.807) is 18.3 Å². The summed E-state index contributed by atoms with van der Waals surface area (Å²) in [6.45, 7) is 2.99. The number of morpholine rings is 1. The highest BCUT2D eigenvalue weighted by Gasteiger charge is 2.25. The summed E-state index contributed by atoms with van der Waals surface area (Å²) in [7, 11) is 0. The number of nitro benzene ring substituents is 1. The monoisotopic (exact) mass is 387 g/mol. The highest BCUT2D eigenvalue weighted by Crippen LogP contribution is 2.35. The van der Waals surface area contributed by atoms with E-state index in [2.05, 4.69) is 21.5 Å². The number of nitrogens with one attached hydrogen (secondary N) is 1. The number of benzene rings is 1. The van der Waals surface area contributed by atoms with E-state index in [1.165, 1.54) is 17.7 Å². The molecule has 0 atom stereocenters. The quantitative estimate of drug-likeness (QED) is 0.345. The van der Waals surface area contributed by atoms with Crippen molar-refractivity contribution in [3.8, 4) is 0 Å². The Morgan fingerprint density at radius 3 is 2.63 bits per heavy atom. The molecule has 1 aromatic rings. The first kappa shape index (κ1) is 19.0. The van der Waals surface area contributed by atoms with Crippen LogP contribution in [0, 0.1) is 10.1 Å². The summed E-state index contributed by atoms with van der Waals surface area (Å²) in [5.41, 5.74) is 12.5. The number of hydrogen-bond donors (Lipinski definition) is 2. The number of thiocarbonyl (C=S) groups is 1. The summed E-state index contributed by atoms with van der Waals surface area (Å²) < 4.78 is 5.47. The van der Waals surface area contributed by atoms with Crippen molar-refractivity contribution in [1.29, 1.82) is 0 Å². The van der Waals surface area contributed by atoms with Gasteiger partial charge in [-0.05, 0) is 60.0 Å². The summed E-state index contributed by atoms with van der Waals surface area (Å²) in [5, 5.41) is 15.1. The molecule has 3 rings (SSSR count). The largest absolute Gasteiger partial charge is 0.378 e. The van der Waals surface area contributed by atoms with Gasteiger partial charge in [-0.3, -0.25) is 15.5 Å². The standard InChI is InChI=1S/C18H21N5O3S/c19-18(27)21-20-12-15-4-3-14(17(15)22-7-9-26-10-8-22)11-13-1-5-16(6-2-13)23(24)25/h1-2,5-6,11-12H,3-4,7-10H2,(H3,19,21,27)/b14-11+,20-12+. The van der Waals surface area contributed by atoms with Crippen LogP contribution in [0.3, 0.4) is 0 Å². The zero-order valence-corrected chi connectivity index (χ0v) is 15.6. The lowest BCUT2D eigenvalue weighted by atomic mass is 10.1. The van der Waals surface area contributed by atoms with Gasteiger partial charge in [-0.25, -0.2) is 0 Å². The van der Waals surface area contributed by atoms with Crippen molar-refractivity contribution in [2.24, 2.45) is 10.8 Å². The number of hydrogen-bond acceptors (Lipinski definition) is 6. The van der Waals surface area contributed by atoms with Crippen LogP contribution in [0.15, 0.2) is 46.2 Å². The predicted octanol–water partition coefficient (Wildman–Crippen LogP) is 2.18. The molecule has 0 radical (unpaired) electrons. The molecule has 1 aromatic carbocycles.